The van der Waals surface area contributed by atoms with Gasteiger partial charge in [0.2, 0.25) is 0 Å². The molecule has 1 aliphatic heterocycles. The molecule has 0 saturated carbocycles. The zero-order valence-corrected chi connectivity index (χ0v) is 11.5. The number of nitrogens with two attached hydrogens (primary N) is 1. The van der Waals surface area contributed by atoms with Crippen molar-refractivity contribution in [2.24, 2.45) is 5.73 Å². The monoisotopic (exact) mass is 277 g/mol. The second-order valence-electron chi connectivity index (χ2n) is 4.86. The molecule has 0 unspecified atom stereocenters. The maximum atomic E-state index is 12.5. The number of benzene rings is 1. The van der Waals surface area contributed by atoms with Gasteiger partial charge >= 0.3 is 0 Å². The molecular formula is C14H19N3O3. The summed E-state index contributed by atoms with van der Waals surface area (Å²) in [6.45, 7) is 3.89. The third-order valence-electron chi connectivity index (χ3n) is 3.14. The molecule has 6 heteroatoms. The lowest BCUT2D eigenvalue weighted by atomic mass is 10.1. The van der Waals surface area contributed by atoms with Crippen LogP contribution in [0.25, 0.3) is 0 Å². The second kappa shape index (κ2) is 6.38. The van der Waals surface area contributed by atoms with Crippen LogP contribution in [0.1, 0.15) is 17.3 Å². The van der Waals surface area contributed by atoms with Gasteiger partial charge in [0.1, 0.15) is 5.75 Å². The van der Waals surface area contributed by atoms with Crippen LogP contribution in [0, 0.1) is 0 Å². The number of rotatable bonds is 4. The summed E-state index contributed by atoms with van der Waals surface area (Å²) in [7, 11) is 0. The summed E-state index contributed by atoms with van der Waals surface area (Å²) >= 11 is 0. The number of hydrogen-bond acceptors (Lipinski definition) is 4. The minimum atomic E-state index is -0.567. The van der Waals surface area contributed by atoms with E-state index in [4.69, 9.17) is 10.5 Å². The fourth-order valence-electron chi connectivity index (χ4n) is 2.21. The van der Waals surface area contributed by atoms with Gasteiger partial charge in [0, 0.05) is 25.7 Å². The fourth-order valence-corrected chi connectivity index (χ4v) is 2.21. The zero-order chi connectivity index (χ0) is 14.5. The average Bonchev–Trinajstić information content (AvgIpc) is 2.44. The predicted octanol–water partition coefficient (Wildman–Crippen LogP) is -0.0154. The van der Waals surface area contributed by atoms with Gasteiger partial charge in [-0.15, -0.1) is 0 Å². The van der Waals surface area contributed by atoms with Crippen molar-refractivity contribution < 1.29 is 14.3 Å². The van der Waals surface area contributed by atoms with Gasteiger partial charge in [-0.3, -0.25) is 9.59 Å². The van der Waals surface area contributed by atoms with Crippen LogP contribution in [-0.2, 0) is 4.79 Å². The van der Waals surface area contributed by atoms with Crippen molar-refractivity contribution in [3.05, 3.63) is 29.8 Å². The predicted molar refractivity (Wildman–Crippen MR) is 74.5 cm³/mol. The Morgan fingerprint density at radius 3 is 2.90 bits per heavy atom. The molecule has 1 fully saturated rings. The van der Waals surface area contributed by atoms with Crippen molar-refractivity contribution in [3.8, 4) is 5.75 Å². The number of piperazine rings is 1. The standard InChI is InChI=1S/C14H19N3O3/c1-10-8-17(7-6-16-10)14(19)11-4-2-3-5-12(11)20-9-13(15)18/h2-5,10,16H,6-9H2,1H3,(H2,15,18)/t10-/m1/s1. The van der Waals surface area contributed by atoms with Crippen LogP contribution in [0.3, 0.4) is 0 Å². The first-order chi connectivity index (χ1) is 9.58. The van der Waals surface area contributed by atoms with Crippen LogP contribution in [0.4, 0.5) is 0 Å². The number of hydrogen-bond donors (Lipinski definition) is 2. The Bertz CT molecular complexity index is 504. The molecule has 0 spiro atoms. The molecule has 0 radical (unpaired) electrons. The lowest BCUT2D eigenvalue weighted by molar-refractivity contribution is -0.119. The van der Waals surface area contributed by atoms with Gasteiger partial charge in [-0.05, 0) is 19.1 Å². The number of primary amides is 1. The van der Waals surface area contributed by atoms with Crippen LogP contribution in [0.15, 0.2) is 24.3 Å². The number of carbonyl (C=O) groups excluding carboxylic acids is 2. The number of amides is 2. The molecule has 1 atom stereocenters. The van der Waals surface area contributed by atoms with Crippen molar-refractivity contribution in [2.75, 3.05) is 26.2 Å². The van der Waals surface area contributed by atoms with E-state index in [2.05, 4.69) is 5.32 Å². The summed E-state index contributed by atoms with van der Waals surface area (Å²) in [4.78, 5) is 25.1. The van der Waals surface area contributed by atoms with E-state index in [1.54, 1.807) is 29.2 Å². The molecule has 6 nitrogen and oxygen atoms in total. The Morgan fingerprint density at radius 2 is 2.20 bits per heavy atom. The zero-order valence-electron chi connectivity index (χ0n) is 11.5. The molecule has 0 aliphatic carbocycles. The highest BCUT2D eigenvalue weighted by Crippen LogP contribution is 2.20. The van der Waals surface area contributed by atoms with Gasteiger partial charge in [-0.2, -0.15) is 0 Å². The summed E-state index contributed by atoms with van der Waals surface area (Å²) < 4.78 is 5.30. The molecule has 20 heavy (non-hydrogen) atoms. The molecule has 1 saturated heterocycles. The number of nitrogens with zero attached hydrogens (tertiary/aromatic N) is 1. The van der Waals surface area contributed by atoms with E-state index >= 15 is 0 Å². The van der Waals surface area contributed by atoms with Crippen molar-refractivity contribution >= 4 is 11.8 Å². The quantitative estimate of drug-likeness (QED) is 0.810. The van der Waals surface area contributed by atoms with Gasteiger partial charge < -0.3 is 20.7 Å². The third kappa shape index (κ3) is 3.48. The Labute approximate surface area is 117 Å². The van der Waals surface area contributed by atoms with Crippen molar-refractivity contribution in [1.29, 1.82) is 0 Å². The van der Waals surface area contributed by atoms with Gasteiger partial charge in [0.25, 0.3) is 11.8 Å². The molecule has 1 aliphatic rings. The van der Waals surface area contributed by atoms with Crippen LogP contribution < -0.4 is 15.8 Å². The van der Waals surface area contributed by atoms with Gasteiger partial charge in [-0.1, -0.05) is 12.1 Å². The van der Waals surface area contributed by atoms with Gasteiger partial charge in [0.15, 0.2) is 6.61 Å². The lowest BCUT2D eigenvalue weighted by Crippen LogP contribution is -2.51. The minimum absolute atomic E-state index is 0.0848. The van der Waals surface area contributed by atoms with Crippen LogP contribution in [0.2, 0.25) is 0 Å². The summed E-state index contributed by atoms with van der Waals surface area (Å²) in [6, 6.07) is 7.17. The van der Waals surface area contributed by atoms with E-state index in [9.17, 15) is 9.59 Å². The molecular weight excluding hydrogens is 258 g/mol. The maximum absolute atomic E-state index is 12.5. The van der Waals surface area contributed by atoms with Crippen molar-refractivity contribution in [2.45, 2.75) is 13.0 Å². The molecule has 1 heterocycles. The SMILES string of the molecule is C[C@@H]1CN(C(=O)c2ccccc2OCC(N)=O)CCN1. The summed E-state index contributed by atoms with van der Waals surface area (Å²) in [5, 5.41) is 3.29. The van der Waals surface area contributed by atoms with Crippen LogP contribution in [0.5, 0.6) is 5.75 Å². The highest BCUT2D eigenvalue weighted by molar-refractivity contribution is 5.97. The maximum Gasteiger partial charge on any atom is 0.257 e. The summed E-state index contributed by atoms with van der Waals surface area (Å²) in [6.07, 6.45) is 0. The minimum Gasteiger partial charge on any atom is -0.483 e. The average molecular weight is 277 g/mol. The van der Waals surface area contributed by atoms with E-state index in [-0.39, 0.29) is 18.6 Å². The Kier molecular flexibility index (Phi) is 4.57. The Hall–Kier alpha value is -2.08. The molecule has 3 N–H and O–H groups in total. The highest BCUT2D eigenvalue weighted by atomic mass is 16.5. The topological polar surface area (TPSA) is 84.7 Å². The normalized spacial score (nSPS) is 18.6. The number of ether oxygens (including phenoxy) is 1. The number of nitrogens with one attached hydrogen (secondary N) is 1. The lowest BCUT2D eigenvalue weighted by Gasteiger charge is -2.32. The fraction of sp³-hybridized carbons (Fsp3) is 0.429. The molecule has 0 aromatic heterocycles. The first kappa shape index (κ1) is 14.3. The van der Waals surface area contributed by atoms with Crippen molar-refractivity contribution in [3.63, 3.8) is 0 Å². The van der Waals surface area contributed by atoms with E-state index in [0.29, 0.717) is 24.4 Å². The van der Waals surface area contributed by atoms with Gasteiger partial charge in [-0.25, -0.2) is 0 Å². The van der Waals surface area contributed by atoms with E-state index in [1.165, 1.54) is 0 Å². The smallest absolute Gasteiger partial charge is 0.257 e. The summed E-state index contributed by atoms with van der Waals surface area (Å²) in [5.41, 5.74) is 5.52. The van der Waals surface area contributed by atoms with E-state index < -0.39 is 5.91 Å². The van der Waals surface area contributed by atoms with E-state index in [0.717, 1.165) is 6.54 Å². The molecule has 108 valence electrons. The van der Waals surface area contributed by atoms with Crippen molar-refractivity contribution in [1.82, 2.24) is 10.2 Å². The first-order valence-corrected chi connectivity index (χ1v) is 6.60. The third-order valence-corrected chi connectivity index (χ3v) is 3.14. The molecule has 1 aromatic rings. The molecule has 2 amide bonds. The Balaban J connectivity index is 2.14. The largest absolute Gasteiger partial charge is 0.483 e. The van der Waals surface area contributed by atoms with Crippen LogP contribution in [-0.4, -0.2) is 49.0 Å². The molecule has 0 bridgehead atoms. The Morgan fingerprint density at radius 1 is 1.45 bits per heavy atom. The number of para-hydroxylation sites is 1. The van der Waals surface area contributed by atoms with Gasteiger partial charge in [0.05, 0.1) is 5.56 Å². The second-order valence-corrected chi connectivity index (χ2v) is 4.86. The summed E-state index contributed by atoms with van der Waals surface area (Å²) in [5.74, 6) is -0.260. The first-order valence-electron chi connectivity index (χ1n) is 6.60. The molecule has 1 aromatic carbocycles. The molecule has 2 rings (SSSR count). The highest BCUT2D eigenvalue weighted by Gasteiger charge is 2.23. The van der Waals surface area contributed by atoms with Crippen LogP contribution >= 0.6 is 0 Å². The van der Waals surface area contributed by atoms with E-state index in [1.807, 2.05) is 6.92 Å². The number of carbonyl (C=O) groups is 2.